The largest absolute Gasteiger partial charge is 0.373 e. The summed E-state index contributed by atoms with van der Waals surface area (Å²) >= 11 is 0. The van der Waals surface area contributed by atoms with Crippen LogP contribution in [0.2, 0.25) is 0 Å². The standard InChI is InChI=1S/C10H21N3O2/c1-10(2)7-13(3-4-15-10)8(6-11)5-9(12)14/h8H,3-7,11H2,1-2H3,(H2,12,14). The highest BCUT2D eigenvalue weighted by Crippen LogP contribution is 2.19. The molecule has 0 aliphatic carbocycles. The molecule has 1 saturated heterocycles. The second-order valence-electron chi connectivity index (χ2n) is 4.64. The molecule has 0 aromatic rings. The van der Waals surface area contributed by atoms with Crippen LogP contribution in [0.1, 0.15) is 20.3 Å². The van der Waals surface area contributed by atoms with Crippen molar-refractivity contribution < 1.29 is 9.53 Å². The zero-order valence-electron chi connectivity index (χ0n) is 9.53. The number of rotatable bonds is 4. The quantitative estimate of drug-likeness (QED) is 0.649. The third kappa shape index (κ3) is 3.77. The van der Waals surface area contributed by atoms with E-state index in [2.05, 4.69) is 4.90 Å². The number of morpholine rings is 1. The van der Waals surface area contributed by atoms with E-state index in [0.717, 1.165) is 13.1 Å². The van der Waals surface area contributed by atoms with E-state index in [4.69, 9.17) is 16.2 Å². The zero-order valence-corrected chi connectivity index (χ0v) is 9.53. The fourth-order valence-corrected chi connectivity index (χ4v) is 1.96. The van der Waals surface area contributed by atoms with Crippen LogP contribution in [0.15, 0.2) is 0 Å². The molecule has 1 aliphatic heterocycles. The minimum Gasteiger partial charge on any atom is -0.373 e. The Bertz CT molecular complexity index is 231. The van der Waals surface area contributed by atoms with Gasteiger partial charge in [0, 0.05) is 32.1 Å². The van der Waals surface area contributed by atoms with E-state index in [1.54, 1.807) is 0 Å². The van der Waals surface area contributed by atoms with Gasteiger partial charge in [0.2, 0.25) is 5.91 Å². The second-order valence-corrected chi connectivity index (χ2v) is 4.64. The first-order valence-electron chi connectivity index (χ1n) is 5.31. The number of amides is 1. The van der Waals surface area contributed by atoms with Crippen molar-refractivity contribution in [3.63, 3.8) is 0 Å². The Labute approximate surface area is 90.7 Å². The summed E-state index contributed by atoms with van der Waals surface area (Å²) in [5.41, 5.74) is 10.7. The van der Waals surface area contributed by atoms with Crippen molar-refractivity contribution >= 4 is 5.91 Å². The molecule has 1 amide bonds. The number of carbonyl (C=O) groups excluding carboxylic acids is 1. The Balaban J connectivity index is 2.56. The molecule has 0 aromatic carbocycles. The van der Waals surface area contributed by atoms with Gasteiger partial charge < -0.3 is 16.2 Å². The highest BCUT2D eigenvalue weighted by atomic mass is 16.5. The van der Waals surface area contributed by atoms with Crippen molar-refractivity contribution in [2.24, 2.45) is 11.5 Å². The molecule has 15 heavy (non-hydrogen) atoms. The van der Waals surface area contributed by atoms with E-state index in [1.807, 2.05) is 13.8 Å². The molecule has 5 heteroatoms. The predicted octanol–water partition coefficient (Wildman–Crippen LogP) is -0.700. The van der Waals surface area contributed by atoms with Gasteiger partial charge in [-0.1, -0.05) is 0 Å². The molecule has 1 fully saturated rings. The lowest BCUT2D eigenvalue weighted by Crippen LogP contribution is -2.54. The van der Waals surface area contributed by atoms with Crippen LogP contribution in [0.4, 0.5) is 0 Å². The third-order valence-electron chi connectivity index (χ3n) is 2.68. The Hall–Kier alpha value is -0.650. The van der Waals surface area contributed by atoms with Crippen molar-refractivity contribution in [3.05, 3.63) is 0 Å². The van der Waals surface area contributed by atoms with E-state index in [0.29, 0.717) is 19.6 Å². The van der Waals surface area contributed by atoms with Crippen molar-refractivity contribution in [2.45, 2.75) is 31.9 Å². The molecule has 1 unspecified atom stereocenters. The smallest absolute Gasteiger partial charge is 0.219 e. The number of ether oxygens (including phenoxy) is 1. The maximum absolute atomic E-state index is 10.9. The molecule has 5 nitrogen and oxygen atoms in total. The van der Waals surface area contributed by atoms with Gasteiger partial charge in [-0.15, -0.1) is 0 Å². The van der Waals surface area contributed by atoms with Crippen LogP contribution in [0.25, 0.3) is 0 Å². The van der Waals surface area contributed by atoms with Crippen LogP contribution in [0.3, 0.4) is 0 Å². The van der Waals surface area contributed by atoms with Crippen molar-refractivity contribution in [2.75, 3.05) is 26.2 Å². The van der Waals surface area contributed by atoms with Crippen molar-refractivity contribution in [1.82, 2.24) is 4.90 Å². The third-order valence-corrected chi connectivity index (χ3v) is 2.68. The monoisotopic (exact) mass is 215 g/mol. The lowest BCUT2D eigenvalue weighted by Gasteiger charge is -2.41. The van der Waals surface area contributed by atoms with E-state index >= 15 is 0 Å². The minimum atomic E-state index is -0.297. The first-order chi connectivity index (χ1) is 6.94. The van der Waals surface area contributed by atoms with Gasteiger partial charge in [0.25, 0.3) is 0 Å². The SMILES string of the molecule is CC1(C)CN(C(CN)CC(N)=O)CCO1. The molecular weight excluding hydrogens is 194 g/mol. The summed E-state index contributed by atoms with van der Waals surface area (Å²) in [6, 6.07) is 0.0469. The van der Waals surface area contributed by atoms with Gasteiger partial charge in [-0.3, -0.25) is 9.69 Å². The van der Waals surface area contributed by atoms with Gasteiger partial charge in [-0.05, 0) is 13.8 Å². The predicted molar refractivity (Wildman–Crippen MR) is 58.3 cm³/mol. The number of hydrogen-bond acceptors (Lipinski definition) is 4. The molecule has 1 aliphatic rings. The summed E-state index contributed by atoms with van der Waals surface area (Å²) in [6.45, 7) is 6.83. The van der Waals surface area contributed by atoms with E-state index < -0.39 is 0 Å². The van der Waals surface area contributed by atoms with Crippen LogP contribution in [0.5, 0.6) is 0 Å². The molecule has 88 valence electrons. The highest BCUT2D eigenvalue weighted by Gasteiger charge is 2.31. The van der Waals surface area contributed by atoms with Crippen LogP contribution in [-0.4, -0.2) is 48.7 Å². The summed E-state index contributed by atoms with van der Waals surface area (Å²) in [5, 5.41) is 0. The average Bonchev–Trinajstić information content (AvgIpc) is 2.12. The highest BCUT2D eigenvalue weighted by molar-refractivity contribution is 5.74. The van der Waals surface area contributed by atoms with Gasteiger partial charge in [-0.25, -0.2) is 0 Å². The fourth-order valence-electron chi connectivity index (χ4n) is 1.96. The topological polar surface area (TPSA) is 81.6 Å². The van der Waals surface area contributed by atoms with Gasteiger partial charge >= 0.3 is 0 Å². The Kier molecular flexibility index (Phi) is 4.07. The molecular formula is C10H21N3O2. The maximum Gasteiger partial charge on any atom is 0.219 e. The van der Waals surface area contributed by atoms with Crippen molar-refractivity contribution in [1.29, 1.82) is 0 Å². The van der Waals surface area contributed by atoms with Gasteiger partial charge in [0.15, 0.2) is 0 Å². The van der Waals surface area contributed by atoms with Gasteiger partial charge in [0.1, 0.15) is 0 Å². The number of nitrogens with zero attached hydrogens (tertiary/aromatic N) is 1. The van der Waals surface area contributed by atoms with Crippen LogP contribution >= 0.6 is 0 Å². The van der Waals surface area contributed by atoms with E-state index in [9.17, 15) is 4.79 Å². The lowest BCUT2D eigenvalue weighted by molar-refractivity contribution is -0.122. The molecule has 0 saturated carbocycles. The Morgan fingerprint density at radius 1 is 1.60 bits per heavy atom. The van der Waals surface area contributed by atoms with E-state index in [-0.39, 0.29) is 17.6 Å². The fraction of sp³-hybridized carbons (Fsp3) is 0.900. The average molecular weight is 215 g/mol. The van der Waals surface area contributed by atoms with Gasteiger partial charge in [-0.2, -0.15) is 0 Å². The normalized spacial score (nSPS) is 23.7. The summed E-state index contributed by atoms with van der Waals surface area (Å²) in [7, 11) is 0. The molecule has 1 heterocycles. The number of carbonyl (C=O) groups is 1. The lowest BCUT2D eigenvalue weighted by atomic mass is 10.0. The number of nitrogens with two attached hydrogens (primary N) is 2. The van der Waals surface area contributed by atoms with Crippen LogP contribution < -0.4 is 11.5 Å². The first kappa shape index (κ1) is 12.4. The molecule has 0 aromatic heterocycles. The van der Waals surface area contributed by atoms with Gasteiger partial charge in [0.05, 0.1) is 12.2 Å². The number of primary amides is 1. The molecule has 1 atom stereocenters. The molecule has 0 radical (unpaired) electrons. The molecule has 4 N–H and O–H groups in total. The Morgan fingerprint density at radius 3 is 2.73 bits per heavy atom. The van der Waals surface area contributed by atoms with Crippen molar-refractivity contribution in [3.8, 4) is 0 Å². The molecule has 0 spiro atoms. The summed E-state index contributed by atoms with van der Waals surface area (Å²) in [5.74, 6) is -0.297. The Morgan fingerprint density at radius 2 is 2.27 bits per heavy atom. The number of hydrogen-bond donors (Lipinski definition) is 2. The minimum absolute atomic E-state index is 0.0469. The van der Waals surface area contributed by atoms with Crippen LogP contribution in [0, 0.1) is 0 Å². The van der Waals surface area contributed by atoms with E-state index in [1.165, 1.54) is 0 Å². The molecule has 1 rings (SSSR count). The maximum atomic E-state index is 10.9. The zero-order chi connectivity index (χ0) is 11.5. The van der Waals surface area contributed by atoms with Crippen LogP contribution in [-0.2, 0) is 9.53 Å². The molecule has 0 bridgehead atoms. The summed E-state index contributed by atoms with van der Waals surface area (Å²) < 4.78 is 5.60. The first-order valence-corrected chi connectivity index (χ1v) is 5.31. The summed E-state index contributed by atoms with van der Waals surface area (Å²) in [6.07, 6.45) is 0.326. The second kappa shape index (κ2) is 4.92. The summed E-state index contributed by atoms with van der Waals surface area (Å²) in [4.78, 5) is 13.1.